The van der Waals surface area contributed by atoms with Crippen LogP contribution in [0.1, 0.15) is 38.0 Å². The van der Waals surface area contributed by atoms with Crippen LogP contribution in [0.4, 0.5) is 4.39 Å². The molecule has 1 aromatic carbocycles. The summed E-state index contributed by atoms with van der Waals surface area (Å²) in [4.78, 5) is 2.28. The summed E-state index contributed by atoms with van der Waals surface area (Å²) < 4.78 is 14.3. The molecule has 0 aliphatic rings. The molecule has 0 saturated heterocycles. The molecule has 2 aromatic rings. The van der Waals surface area contributed by atoms with Crippen molar-refractivity contribution in [1.29, 1.82) is 0 Å². The Morgan fingerprint density at radius 2 is 1.79 bits per heavy atom. The Bertz CT molecular complexity index is 562. The highest BCUT2D eigenvalue weighted by molar-refractivity contribution is 7.12. The second kappa shape index (κ2) is 5.41. The molecule has 0 fully saturated rings. The van der Waals surface area contributed by atoms with Gasteiger partial charge in [-0.25, -0.2) is 9.82 Å². The first kappa shape index (κ1) is 14.2. The molecular weight excluding hydrogens is 259 g/mol. The van der Waals surface area contributed by atoms with E-state index in [9.17, 15) is 4.39 Å². The van der Waals surface area contributed by atoms with Crippen LogP contribution in [0.3, 0.4) is 0 Å². The molecule has 1 unspecified atom stereocenters. The number of nitrogens with one attached hydrogen (secondary N) is 1. The van der Waals surface area contributed by atoms with Gasteiger partial charge in [0.1, 0.15) is 5.82 Å². The van der Waals surface area contributed by atoms with Crippen molar-refractivity contribution in [2.45, 2.75) is 33.7 Å². The number of halogens is 1. The Hall–Kier alpha value is -1.23. The fraction of sp³-hybridized carbons (Fsp3) is 0.333. The second-order valence-corrected chi connectivity index (χ2v) is 6.25. The zero-order valence-corrected chi connectivity index (χ0v) is 12.5. The van der Waals surface area contributed by atoms with Gasteiger partial charge in [0, 0.05) is 15.3 Å². The number of hydrogen-bond donors (Lipinski definition) is 2. The van der Waals surface area contributed by atoms with E-state index in [1.165, 1.54) is 10.4 Å². The minimum Gasteiger partial charge on any atom is -0.271 e. The molecule has 0 aliphatic carbocycles. The molecule has 3 N–H and O–H groups in total. The standard InChI is InChI=1S/C15H19FN2S/c1-8-5-10(3)14(12(16)6-8)15(18-17)13-7-9(2)11(4)19-13/h5-7,15,18H,17H2,1-4H3. The molecule has 1 atom stereocenters. The first-order chi connectivity index (χ1) is 8.93. The average molecular weight is 278 g/mol. The summed E-state index contributed by atoms with van der Waals surface area (Å²) in [5.41, 5.74) is 6.44. The third kappa shape index (κ3) is 2.71. The van der Waals surface area contributed by atoms with Crippen molar-refractivity contribution in [2.75, 3.05) is 0 Å². The molecule has 19 heavy (non-hydrogen) atoms. The van der Waals surface area contributed by atoms with E-state index >= 15 is 0 Å². The fourth-order valence-corrected chi connectivity index (χ4v) is 3.46. The summed E-state index contributed by atoms with van der Waals surface area (Å²) in [5, 5.41) is 0. The second-order valence-electron chi connectivity index (χ2n) is 4.96. The van der Waals surface area contributed by atoms with E-state index in [4.69, 9.17) is 5.84 Å². The zero-order valence-electron chi connectivity index (χ0n) is 11.7. The highest BCUT2D eigenvalue weighted by atomic mass is 32.1. The number of rotatable bonds is 3. The number of hydrogen-bond acceptors (Lipinski definition) is 3. The summed E-state index contributed by atoms with van der Waals surface area (Å²) in [6.45, 7) is 7.93. The lowest BCUT2D eigenvalue weighted by atomic mass is 9.97. The van der Waals surface area contributed by atoms with Gasteiger partial charge in [0.25, 0.3) is 0 Å². The van der Waals surface area contributed by atoms with Crippen LogP contribution in [0.25, 0.3) is 0 Å². The molecule has 0 spiro atoms. The Kier molecular flexibility index (Phi) is 4.04. The lowest BCUT2D eigenvalue weighted by molar-refractivity contribution is 0.560. The van der Waals surface area contributed by atoms with Gasteiger partial charge in [-0.2, -0.15) is 0 Å². The lowest BCUT2D eigenvalue weighted by Crippen LogP contribution is -2.29. The predicted octanol–water partition coefficient (Wildman–Crippen LogP) is 3.67. The van der Waals surface area contributed by atoms with Gasteiger partial charge in [-0.3, -0.25) is 5.84 Å². The highest BCUT2D eigenvalue weighted by Crippen LogP contribution is 2.33. The molecule has 1 heterocycles. The van der Waals surface area contributed by atoms with Gasteiger partial charge in [0.05, 0.1) is 6.04 Å². The van der Waals surface area contributed by atoms with Crippen LogP contribution in [0.2, 0.25) is 0 Å². The Labute approximate surface area is 117 Å². The van der Waals surface area contributed by atoms with E-state index in [-0.39, 0.29) is 11.9 Å². The maximum absolute atomic E-state index is 14.3. The van der Waals surface area contributed by atoms with E-state index in [2.05, 4.69) is 25.3 Å². The van der Waals surface area contributed by atoms with Crippen molar-refractivity contribution in [3.05, 3.63) is 56.0 Å². The third-order valence-electron chi connectivity index (χ3n) is 3.41. The summed E-state index contributed by atoms with van der Waals surface area (Å²) >= 11 is 1.65. The number of aryl methyl sites for hydroxylation is 4. The quantitative estimate of drug-likeness (QED) is 0.664. The Morgan fingerprint density at radius 1 is 1.11 bits per heavy atom. The highest BCUT2D eigenvalue weighted by Gasteiger charge is 2.21. The molecule has 0 aliphatic heterocycles. The van der Waals surface area contributed by atoms with Gasteiger partial charge < -0.3 is 0 Å². The van der Waals surface area contributed by atoms with Gasteiger partial charge >= 0.3 is 0 Å². The minimum atomic E-state index is -0.294. The first-order valence-corrected chi connectivity index (χ1v) is 7.05. The summed E-state index contributed by atoms with van der Waals surface area (Å²) in [5.74, 6) is 5.46. The van der Waals surface area contributed by atoms with Crippen molar-refractivity contribution in [3.63, 3.8) is 0 Å². The van der Waals surface area contributed by atoms with Gasteiger partial charge in [-0.1, -0.05) is 6.07 Å². The molecule has 102 valence electrons. The molecule has 2 rings (SSSR count). The van der Waals surface area contributed by atoms with Crippen LogP contribution in [0.15, 0.2) is 18.2 Å². The average Bonchev–Trinajstić information content (AvgIpc) is 2.63. The van der Waals surface area contributed by atoms with E-state index in [1.54, 1.807) is 17.4 Å². The number of thiophene rings is 1. The van der Waals surface area contributed by atoms with Crippen LogP contribution < -0.4 is 11.3 Å². The maximum atomic E-state index is 14.3. The smallest absolute Gasteiger partial charge is 0.128 e. The molecular formula is C15H19FN2S. The van der Waals surface area contributed by atoms with E-state index in [0.717, 1.165) is 16.0 Å². The van der Waals surface area contributed by atoms with E-state index in [1.807, 2.05) is 19.9 Å². The number of benzene rings is 1. The van der Waals surface area contributed by atoms with Crippen LogP contribution in [-0.4, -0.2) is 0 Å². The van der Waals surface area contributed by atoms with E-state index < -0.39 is 0 Å². The minimum absolute atomic E-state index is 0.204. The summed E-state index contributed by atoms with van der Waals surface area (Å²) in [6.07, 6.45) is 0. The number of nitrogens with two attached hydrogens (primary N) is 1. The van der Waals surface area contributed by atoms with Gasteiger partial charge in [-0.05, 0) is 56.5 Å². The van der Waals surface area contributed by atoms with Gasteiger partial charge in [-0.15, -0.1) is 11.3 Å². The predicted molar refractivity (Wildman–Crippen MR) is 78.8 cm³/mol. The Balaban J connectivity index is 2.54. The summed E-state index contributed by atoms with van der Waals surface area (Å²) in [7, 11) is 0. The van der Waals surface area contributed by atoms with Crippen LogP contribution >= 0.6 is 11.3 Å². The lowest BCUT2D eigenvalue weighted by Gasteiger charge is -2.18. The fourth-order valence-electron chi connectivity index (χ4n) is 2.34. The largest absolute Gasteiger partial charge is 0.271 e. The van der Waals surface area contributed by atoms with E-state index in [0.29, 0.717) is 5.56 Å². The molecule has 0 bridgehead atoms. The van der Waals surface area contributed by atoms with Crippen LogP contribution in [0.5, 0.6) is 0 Å². The number of hydrazine groups is 1. The third-order valence-corrected chi connectivity index (χ3v) is 4.62. The topological polar surface area (TPSA) is 38.0 Å². The van der Waals surface area contributed by atoms with Crippen molar-refractivity contribution in [3.8, 4) is 0 Å². The first-order valence-electron chi connectivity index (χ1n) is 6.23. The molecule has 1 aromatic heterocycles. The van der Waals surface area contributed by atoms with Gasteiger partial charge in [0.2, 0.25) is 0 Å². The van der Waals surface area contributed by atoms with Crippen molar-refractivity contribution in [2.24, 2.45) is 5.84 Å². The van der Waals surface area contributed by atoms with Crippen molar-refractivity contribution < 1.29 is 4.39 Å². The molecule has 0 saturated carbocycles. The normalized spacial score (nSPS) is 12.7. The van der Waals surface area contributed by atoms with Crippen molar-refractivity contribution in [1.82, 2.24) is 5.43 Å². The SMILES string of the molecule is Cc1cc(C)c(C(NN)c2cc(C)c(C)s2)c(F)c1. The van der Waals surface area contributed by atoms with Gasteiger partial charge in [0.15, 0.2) is 0 Å². The van der Waals surface area contributed by atoms with Crippen molar-refractivity contribution >= 4 is 11.3 Å². The van der Waals surface area contributed by atoms with Crippen LogP contribution in [-0.2, 0) is 0 Å². The monoisotopic (exact) mass is 278 g/mol. The molecule has 2 nitrogen and oxygen atoms in total. The molecule has 4 heteroatoms. The maximum Gasteiger partial charge on any atom is 0.128 e. The summed E-state index contributed by atoms with van der Waals surface area (Å²) in [6, 6.07) is 5.32. The zero-order chi connectivity index (χ0) is 14.2. The molecule has 0 radical (unpaired) electrons. The Morgan fingerprint density at radius 3 is 2.26 bits per heavy atom. The van der Waals surface area contributed by atoms with Crippen LogP contribution in [0, 0.1) is 33.5 Å². The molecule has 0 amide bonds.